The summed E-state index contributed by atoms with van der Waals surface area (Å²) in [6, 6.07) is 17.5. The van der Waals surface area contributed by atoms with Gasteiger partial charge in [-0.25, -0.2) is 4.39 Å². The molecule has 20 heavy (non-hydrogen) atoms. The smallest absolute Gasteiger partial charge is 0.127 e. The van der Waals surface area contributed by atoms with E-state index in [2.05, 4.69) is 22.3 Å². The van der Waals surface area contributed by atoms with E-state index in [-0.39, 0.29) is 11.9 Å². The minimum absolute atomic E-state index is 0.139. The first kappa shape index (κ1) is 14.7. The molecule has 0 aromatic heterocycles. The number of likely N-dealkylation sites (N-methyl/N-ethyl adjacent to an activating group) is 2. The molecule has 0 aliphatic heterocycles. The van der Waals surface area contributed by atoms with Gasteiger partial charge in [-0.3, -0.25) is 0 Å². The molecule has 3 heteroatoms. The molecule has 0 heterocycles. The Labute approximate surface area is 120 Å². The van der Waals surface area contributed by atoms with Gasteiger partial charge in [-0.2, -0.15) is 0 Å². The van der Waals surface area contributed by atoms with E-state index in [1.165, 1.54) is 11.6 Å². The van der Waals surface area contributed by atoms with Crippen LogP contribution in [0.3, 0.4) is 0 Å². The molecule has 2 aromatic carbocycles. The minimum Gasteiger partial charge on any atom is -0.312 e. The fourth-order valence-corrected chi connectivity index (χ4v) is 2.34. The number of benzene rings is 2. The zero-order chi connectivity index (χ0) is 14.4. The Morgan fingerprint density at radius 1 is 1.05 bits per heavy atom. The van der Waals surface area contributed by atoms with Gasteiger partial charge in [0.25, 0.3) is 0 Å². The molecule has 0 bridgehead atoms. The Balaban J connectivity index is 2.00. The Bertz CT molecular complexity index is 528. The molecule has 106 valence electrons. The van der Waals surface area contributed by atoms with E-state index in [4.69, 9.17) is 0 Å². The standard InChI is InChI=1S/C17H21FN2/c1-19-17(14-8-4-3-5-9-14)13-20(2)12-15-10-6-7-11-16(15)18/h3-11,17,19H,12-13H2,1-2H3. The van der Waals surface area contributed by atoms with Crippen LogP contribution in [0.15, 0.2) is 54.6 Å². The van der Waals surface area contributed by atoms with Crippen molar-refractivity contribution in [3.05, 3.63) is 71.5 Å². The van der Waals surface area contributed by atoms with Crippen LogP contribution >= 0.6 is 0 Å². The molecule has 0 spiro atoms. The molecule has 2 aromatic rings. The number of hydrogen-bond donors (Lipinski definition) is 1. The van der Waals surface area contributed by atoms with E-state index in [0.29, 0.717) is 6.54 Å². The van der Waals surface area contributed by atoms with Crippen LogP contribution in [0.25, 0.3) is 0 Å². The van der Waals surface area contributed by atoms with Crippen molar-refractivity contribution in [1.82, 2.24) is 10.2 Å². The van der Waals surface area contributed by atoms with Crippen molar-refractivity contribution in [2.24, 2.45) is 0 Å². The average Bonchev–Trinajstić information content (AvgIpc) is 2.48. The number of rotatable bonds is 6. The van der Waals surface area contributed by atoms with Crippen LogP contribution in [-0.4, -0.2) is 25.5 Å². The zero-order valence-electron chi connectivity index (χ0n) is 12.0. The van der Waals surface area contributed by atoms with Gasteiger partial charge in [-0.1, -0.05) is 48.5 Å². The summed E-state index contributed by atoms with van der Waals surface area (Å²) in [5, 5.41) is 3.31. The maximum Gasteiger partial charge on any atom is 0.127 e. The van der Waals surface area contributed by atoms with Gasteiger partial charge >= 0.3 is 0 Å². The molecule has 1 atom stereocenters. The van der Waals surface area contributed by atoms with Crippen molar-refractivity contribution in [3.8, 4) is 0 Å². The first-order chi connectivity index (χ1) is 9.70. The lowest BCUT2D eigenvalue weighted by Gasteiger charge is -2.24. The second-order valence-electron chi connectivity index (χ2n) is 5.04. The van der Waals surface area contributed by atoms with Crippen LogP contribution in [0.2, 0.25) is 0 Å². The number of halogens is 1. The van der Waals surface area contributed by atoms with Crippen molar-refractivity contribution >= 4 is 0 Å². The van der Waals surface area contributed by atoms with Crippen molar-refractivity contribution in [1.29, 1.82) is 0 Å². The first-order valence-corrected chi connectivity index (χ1v) is 6.85. The van der Waals surface area contributed by atoms with Gasteiger partial charge in [0.2, 0.25) is 0 Å². The summed E-state index contributed by atoms with van der Waals surface area (Å²) < 4.78 is 13.6. The lowest BCUT2D eigenvalue weighted by Crippen LogP contribution is -2.31. The fraction of sp³-hybridized carbons (Fsp3) is 0.294. The van der Waals surface area contributed by atoms with E-state index < -0.39 is 0 Å². The molecular weight excluding hydrogens is 251 g/mol. The minimum atomic E-state index is -0.139. The highest BCUT2D eigenvalue weighted by atomic mass is 19.1. The van der Waals surface area contributed by atoms with Crippen LogP contribution in [-0.2, 0) is 6.54 Å². The predicted molar refractivity (Wildman–Crippen MR) is 81.0 cm³/mol. The van der Waals surface area contributed by atoms with Crippen LogP contribution < -0.4 is 5.32 Å². The third-order valence-electron chi connectivity index (χ3n) is 3.44. The molecular formula is C17H21FN2. The van der Waals surface area contributed by atoms with Crippen LogP contribution in [0.4, 0.5) is 4.39 Å². The largest absolute Gasteiger partial charge is 0.312 e. The van der Waals surface area contributed by atoms with E-state index in [1.807, 2.05) is 44.4 Å². The van der Waals surface area contributed by atoms with E-state index in [9.17, 15) is 4.39 Å². The number of nitrogens with one attached hydrogen (secondary N) is 1. The van der Waals surface area contributed by atoms with Gasteiger partial charge in [-0.15, -0.1) is 0 Å². The maximum absolute atomic E-state index is 13.6. The topological polar surface area (TPSA) is 15.3 Å². The van der Waals surface area contributed by atoms with Gasteiger partial charge in [0, 0.05) is 24.7 Å². The van der Waals surface area contributed by atoms with Gasteiger partial charge in [-0.05, 0) is 25.7 Å². The third kappa shape index (κ3) is 3.89. The summed E-state index contributed by atoms with van der Waals surface area (Å²) >= 11 is 0. The zero-order valence-corrected chi connectivity index (χ0v) is 12.0. The van der Waals surface area contributed by atoms with Crippen molar-refractivity contribution in [3.63, 3.8) is 0 Å². The third-order valence-corrected chi connectivity index (χ3v) is 3.44. The van der Waals surface area contributed by atoms with Gasteiger partial charge in [0.05, 0.1) is 0 Å². The summed E-state index contributed by atoms with van der Waals surface area (Å²) in [4.78, 5) is 2.13. The Morgan fingerprint density at radius 2 is 1.70 bits per heavy atom. The van der Waals surface area contributed by atoms with Crippen LogP contribution in [0.5, 0.6) is 0 Å². The fourth-order valence-electron chi connectivity index (χ4n) is 2.34. The number of nitrogens with zero attached hydrogens (tertiary/aromatic N) is 1. The average molecular weight is 272 g/mol. The van der Waals surface area contributed by atoms with E-state index in [0.717, 1.165) is 12.1 Å². The summed E-state index contributed by atoms with van der Waals surface area (Å²) in [5.74, 6) is -0.139. The molecule has 0 fully saturated rings. The van der Waals surface area contributed by atoms with Gasteiger partial charge < -0.3 is 10.2 Å². The molecule has 2 nitrogen and oxygen atoms in total. The highest BCUT2D eigenvalue weighted by Crippen LogP contribution is 2.15. The summed E-state index contributed by atoms with van der Waals surface area (Å²) in [7, 11) is 3.97. The molecule has 1 unspecified atom stereocenters. The Morgan fingerprint density at radius 3 is 2.35 bits per heavy atom. The molecule has 0 saturated heterocycles. The summed E-state index contributed by atoms with van der Waals surface area (Å²) in [6.45, 7) is 1.44. The molecule has 0 radical (unpaired) electrons. The summed E-state index contributed by atoms with van der Waals surface area (Å²) in [5.41, 5.74) is 1.98. The SMILES string of the molecule is CNC(CN(C)Cc1ccccc1F)c1ccccc1. The normalized spacial score (nSPS) is 12.6. The second kappa shape index (κ2) is 7.17. The lowest BCUT2D eigenvalue weighted by atomic mass is 10.1. The predicted octanol–water partition coefficient (Wildman–Crippen LogP) is 3.22. The van der Waals surface area contributed by atoms with Crippen molar-refractivity contribution in [2.45, 2.75) is 12.6 Å². The lowest BCUT2D eigenvalue weighted by molar-refractivity contribution is 0.286. The molecule has 1 N–H and O–H groups in total. The van der Waals surface area contributed by atoms with Crippen LogP contribution in [0.1, 0.15) is 17.2 Å². The molecule has 0 aliphatic carbocycles. The van der Waals surface area contributed by atoms with Crippen molar-refractivity contribution in [2.75, 3.05) is 20.6 Å². The quantitative estimate of drug-likeness (QED) is 0.868. The second-order valence-corrected chi connectivity index (χ2v) is 5.04. The number of hydrogen-bond acceptors (Lipinski definition) is 2. The van der Waals surface area contributed by atoms with Crippen molar-refractivity contribution < 1.29 is 4.39 Å². The molecule has 2 rings (SSSR count). The monoisotopic (exact) mass is 272 g/mol. The Hall–Kier alpha value is -1.71. The van der Waals surface area contributed by atoms with Gasteiger partial charge in [0.1, 0.15) is 5.82 Å². The van der Waals surface area contributed by atoms with Gasteiger partial charge in [0.15, 0.2) is 0 Å². The molecule has 0 saturated carbocycles. The highest BCUT2D eigenvalue weighted by Gasteiger charge is 2.12. The van der Waals surface area contributed by atoms with E-state index in [1.54, 1.807) is 6.07 Å². The molecule has 0 amide bonds. The first-order valence-electron chi connectivity index (χ1n) is 6.85. The highest BCUT2D eigenvalue weighted by molar-refractivity contribution is 5.20. The maximum atomic E-state index is 13.6. The molecule has 0 aliphatic rings. The summed E-state index contributed by atoms with van der Waals surface area (Å²) in [6.07, 6.45) is 0. The van der Waals surface area contributed by atoms with Crippen LogP contribution in [0, 0.1) is 5.82 Å². The Kier molecular flexibility index (Phi) is 5.27. The van der Waals surface area contributed by atoms with E-state index >= 15 is 0 Å².